The number of pyridine rings is 1. The maximum absolute atomic E-state index is 12.7. The van der Waals surface area contributed by atoms with E-state index in [9.17, 15) is 4.79 Å². The summed E-state index contributed by atoms with van der Waals surface area (Å²) >= 11 is 1.69. The van der Waals surface area contributed by atoms with Gasteiger partial charge in [-0.15, -0.1) is 11.3 Å². The molecule has 1 fully saturated rings. The van der Waals surface area contributed by atoms with Crippen LogP contribution >= 0.6 is 11.3 Å². The van der Waals surface area contributed by atoms with Crippen LogP contribution in [0.25, 0.3) is 0 Å². The number of carbonyl (C=O) groups excluding carboxylic acids is 1. The molecule has 6 nitrogen and oxygen atoms in total. The molecule has 156 valence electrons. The van der Waals surface area contributed by atoms with Gasteiger partial charge in [-0.25, -0.2) is 4.98 Å². The molecule has 3 aromatic rings. The molecule has 1 amide bonds. The van der Waals surface area contributed by atoms with E-state index in [0.717, 1.165) is 54.6 Å². The second kappa shape index (κ2) is 9.82. The molecular weight excluding hydrogens is 396 g/mol. The van der Waals surface area contributed by atoms with Crippen molar-refractivity contribution in [3.63, 3.8) is 0 Å². The predicted molar refractivity (Wildman–Crippen MR) is 118 cm³/mol. The molecule has 1 aliphatic heterocycles. The smallest absolute Gasteiger partial charge is 0.227 e. The minimum Gasteiger partial charge on any atom is -0.487 e. The van der Waals surface area contributed by atoms with Crippen LogP contribution < -0.4 is 10.1 Å². The van der Waals surface area contributed by atoms with Gasteiger partial charge >= 0.3 is 0 Å². The van der Waals surface area contributed by atoms with Gasteiger partial charge in [0.15, 0.2) is 0 Å². The standard InChI is InChI=1S/C23H26N4O2S/c1-17-25-21(16-30-17)14-27-11-8-18(9-12-27)23(28)26-19-6-4-7-22(13-19)29-15-20-5-2-3-10-24-20/h2-7,10,13,16,18H,8-9,11-12,14-15H2,1H3,(H,26,28). The van der Waals surface area contributed by atoms with Gasteiger partial charge in [0.05, 0.1) is 16.4 Å². The first kappa shape index (κ1) is 20.5. The van der Waals surface area contributed by atoms with Crippen LogP contribution in [-0.2, 0) is 17.9 Å². The van der Waals surface area contributed by atoms with Crippen LogP contribution in [0.1, 0.15) is 29.2 Å². The molecule has 2 aromatic heterocycles. The number of piperidine rings is 1. The van der Waals surface area contributed by atoms with E-state index in [0.29, 0.717) is 12.4 Å². The highest BCUT2D eigenvalue weighted by molar-refractivity contribution is 7.09. The molecule has 0 aliphatic carbocycles. The van der Waals surface area contributed by atoms with E-state index in [4.69, 9.17) is 4.74 Å². The van der Waals surface area contributed by atoms with Gasteiger partial charge in [0, 0.05) is 35.8 Å². The van der Waals surface area contributed by atoms with Crippen molar-refractivity contribution < 1.29 is 9.53 Å². The summed E-state index contributed by atoms with van der Waals surface area (Å²) in [5.41, 5.74) is 2.76. The number of nitrogens with zero attached hydrogens (tertiary/aromatic N) is 3. The lowest BCUT2D eigenvalue weighted by Crippen LogP contribution is -2.37. The summed E-state index contributed by atoms with van der Waals surface area (Å²) in [5, 5.41) is 6.28. The lowest BCUT2D eigenvalue weighted by Gasteiger charge is -2.30. The van der Waals surface area contributed by atoms with E-state index in [2.05, 4.69) is 25.6 Å². The Labute approximate surface area is 180 Å². The molecular formula is C23H26N4O2S. The topological polar surface area (TPSA) is 67.4 Å². The number of amides is 1. The van der Waals surface area contributed by atoms with Crippen molar-refractivity contribution in [3.8, 4) is 5.75 Å². The van der Waals surface area contributed by atoms with Crippen LogP contribution in [-0.4, -0.2) is 33.9 Å². The summed E-state index contributed by atoms with van der Waals surface area (Å²) in [4.78, 5) is 23.9. The number of likely N-dealkylation sites (tertiary alicyclic amines) is 1. The largest absolute Gasteiger partial charge is 0.487 e. The molecule has 0 bridgehead atoms. The fraction of sp³-hybridized carbons (Fsp3) is 0.348. The van der Waals surface area contributed by atoms with E-state index in [1.807, 2.05) is 49.4 Å². The van der Waals surface area contributed by atoms with Gasteiger partial charge in [-0.3, -0.25) is 14.7 Å². The molecule has 0 atom stereocenters. The Bertz CT molecular complexity index is 968. The molecule has 0 unspecified atom stereocenters. The summed E-state index contributed by atoms with van der Waals surface area (Å²) in [6.45, 7) is 5.14. The van der Waals surface area contributed by atoms with Gasteiger partial charge in [0.2, 0.25) is 5.91 Å². The minimum absolute atomic E-state index is 0.0384. The zero-order valence-corrected chi connectivity index (χ0v) is 17.9. The summed E-state index contributed by atoms with van der Waals surface area (Å²) < 4.78 is 5.81. The Hall–Kier alpha value is -2.77. The second-order valence-corrected chi connectivity index (χ2v) is 8.60. The summed E-state index contributed by atoms with van der Waals surface area (Å²) in [6, 6.07) is 13.3. The Balaban J connectivity index is 1.26. The van der Waals surface area contributed by atoms with Crippen molar-refractivity contribution in [1.29, 1.82) is 0 Å². The van der Waals surface area contributed by atoms with Crippen molar-refractivity contribution in [2.75, 3.05) is 18.4 Å². The fourth-order valence-electron chi connectivity index (χ4n) is 3.61. The quantitative estimate of drug-likeness (QED) is 0.616. The Morgan fingerprint density at radius 3 is 2.80 bits per heavy atom. The van der Waals surface area contributed by atoms with Crippen molar-refractivity contribution in [2.24, 2.45) is 5.92 Å². The number of aryl methyl sites for hydroxylation is 1. The second-order valence-electron chi connectivity index (χ2n) is 7.54. The van der Waals surface area contributed by atoms with Gasteiger partial charge < -0.3 is 10.1 Å². The third-order valence-corrected chi connectivity index (χ3v) is 6.05. The van der Waals surface area contributed by atoms with Crippen LogP contribution in [0.3, 0.4) is 0 Å². The summed E-state index contributed by atoms with van der Waals surface area (Å²) in [7, 11) is 0. The first-order valence-corrected chi connectivity index (χ1v) is 11.1. The lowest BCUT2D eigenvalue weighted by molar-refractivity contribution is -0.121. The highest BCUT2D eigenvalue weighted by Crippen LogP contribution is 2.23. The molecule has 3 heterocycles. The fourth-order valence-corrected chi connectivity index (χ4v) is 4.22. The molecule has 0 radical (unpaired) electrons. The van der Waals surface area contributed by atoms with Crippen LogP contribution in [0.4, 0.5) is 5.69 Å². The SMILES string of the molecule is Cc1nc(CN2CCC(C(=O)Nc3cccc(OCc4ccccn4)c3)CC2)cs1. The highest BCUT2D eigenvalue weighted by Gasteiger charge is 2.25. The van der Waals surface area contributed by atoms with Crippen molar-refractivity contribution in [1.82, 2.24) is 14.9 Å². The molecule has 0 saturated carbocycles. The average Bonchev–Trinajstić information content (AvgIpc) is 3.18. The third-order valence-electron chi connectivity index (χ3n) is 5.22. The Kier molecular flexibility index (Phi) is 6.71. The van der Waals surface area contributed by atoms with Crippen LogP contribution in [0.2, 0.25) is 0 Å². The maximum atomic E-state index is 12.7. The Morgan fingerprint density at radius 2 is 2.07 bits per heavy atom. The lowest BCUT2D eigenvalue weighted by atomic mass is 9.95. The van der Waals surface area contributed by atoms with Crippen LogP contribution in [0, 0.1) is 12.8 Å². The van der Waals surface area contributed by atoms with Gasteiger partial charge in [-0.2, -0.15) is 0 Å². The van der Waals surface area contributed by atoms with Gasteiger partial charge in [0.25, 0.3) is 0 Å². The first-order chi connectivity index (χ1) is 14.7. The monoisotopic (exact) mass is 422 g/mol. The molecule has 0 spiro atoms. The number of thiazole rings is 1. The highest BCUT2D eigenvalue weighted by atomic mass is 32.1. The molecule has 7 heteroatoms. The molecule has 1 aromatic carbocycles. The first-order valence-electron chi connectivity index (χ1n) is 10.2. The number of aromatic nitrogens is 2. The van der Waals surface area contributed by atoms with Gasteiger partial charge in [-0.1, -0.05) is 12.1 Å². The molecule has 30 heavy (non-hydrogen) atoms. The number of hydrogen-bond acceptors (Lipinski definition) is 6. The zero-order chi connectivity index (χ0) is 20.8. The predicted octanol–water partition coefficient (Wildman–Crippen LogP) is 4.28. The van der Waals surface area contributed by atoms with Gasteiger partial charge in [-0.05, 0) is 57.1 Å². The Morgan fingerprint density at radius 1 is 1.20 bits per heavy atom. The van der Waals surface area contributed by atoms with Crippen molar-refractivity contribution in [3.05, 3.63) is 70.4 Å². The molecule has 1 N–H and O–H groups in total. The van der Waals surface area contributed by atoms with Gasteiger partial charge in [0.1, 0.15) is 12.4 Å². The van der Waals surface area contributed by atoms with E-state index in [1.165, 1.54) is 0 Å². The van der Waals surface area contributed by atoms with E-state index >= 15 is 0 Å². The number of anilines is 1. The molecule has 4 rings (SSSR count). The molecule has 1 saturated heterocycles. The normalized spacial score (nSPS) is 15.1. The maximum Gasteiger partial charge on any atom is 0.227 e. The number of benzene rings is 1. The average molecular weight is 423 g/mol. The van der Waals surface area contributed by atoms with Crippen LogP contribution in [0.15, 0.2) is 54.0 Å². The molecule has 1 aliphatic rings. The van der Waals surface area contributed by atoms with Crippen LogP contribution in [0.5, 0.6) is 5.75 Å². The minimum atomic E-state index is 0.0384. The number of carbonyl (C=O) groups is 1. The van der Waals surface area contributed by atoms with Crippen molar-refractivity contribution in [2.45, 2.75) is 32.9 Å². The third kappa shape index (κ3) is 5.64. The van der Waals surface area contributed by atoms with Crippen molar-refractivity contribution >= 4 is 22.9 Å². The summed E-state index contributed by atoms with van der Waals surface area (Å²) in [6.07, 6.45) is 3.48. The number of nitrogens with one attached hydrogen (secondary N) is 1. The van der Waals surface area contributed by atoms with E-state index in [-0.39, 0.29) is 11.8 Å². The number of ether oxygens (including phenoxy) is 1. The summed E-state index contributed by atoms with van der Waals surface area (Å²) in [5.74, 6) is 0.837. The number of rotatable bonds is 7. The van der Waals surface area contributed by atoms with E-state index in [1.54, 1.807) is 17.5 Å². The number of hydrogen-bond donors (Lipinski definition) is 1. The van der Waals surface area contributed by atoms with E-state index < -0.39 is 0 Å². The zero-order valence-electron chi connectivity index (χ0n) is 17.1.